The minimum absolute atomic E-state index is 0.0471. The lowest BCUT2D eigenvalue weighted by Gasteiger charge is -2.53. The summed E-state index contributed by atoms with van der Waals surface area (Å²) in [5.41, 5.74) is -0.118. The molecule has 5 nitrogen and oxygen atoms in total. The van der Waals surface area contributed by atoms with Gasteiger partial charge in [0.25, 0.3) is 0 Å². The third kappa shape index (κ3) is 2.27. The smallest absolute Gasteiger partial charge is 0.311 e. The summed E-state index contributed by atoms with van der Waals surface area (Å²) in [5, 5.41) is 14.4. The van der Waals surface area contributed by atoms with Crippen molar-refractivity contribution in [1.29, 1.82) is 0 Å². The van der Waals surface area contributed by atoms with E-state index >= 15 is 0 Å². The van der Waals surface area contributed by atoms with E-state index in [0.717, 1.165) is 44.2 Å². The zero-order valence-electron chi connectivity index (χ0n) is 12.0. The van der Waals surface area contributed by atoms with Crippen molar-refractivity contribution in [1.82, 2.24) is 5.32 Å². The molecule has 0 bridgehead atoms. The summed E-state index contributed by atoms with van der Waals surface area (Å²) < 4.78 is 19.3. The van der Waals surface area contributed by atoms with Crippen molar-refractivity contribution in [2.75, 3.05) is 7.05 Å². The number of benzene rings is 1. The van der Waals surface area contributed by atoms with Gasteiger partial charge in [-0.3, -0.25) is 10.1 Å². The van der Waals surface area contributed by atoms with E-state index in [4.69, 9.17) is 4.74 Å². The summed E-state index contributed by atoms with van der Waals surface area (Å²) in [5.74, 6) is -0.466. The van der Waals surface area contributed by atoms with Crippen LogP contribution in [0, 0.1) is 21.3 Å². The second-order valence-electron chi connectivity index (χ2n) is 5.99. The molecule has 1 spiro atoms. The van der Waals surface area contributed by atoms with Crippen molar-refractivity contribution in [3.63, 3.8) is 0 Å². The van der Waals surface area contributed by atoms with Crippen LogP contribution in [0.1, 0.15) is 32.1 Å². The van der Waals surface area contributed by atoms with Gasteiger partial charge in [-0.05, 0) is 26.0 Å². The van der Waals surface area contributed by atoms with Crippen LogP contribution in [0.4, 0.5) is 10.1 Å². The lowest BCUT2D eigenvalue weighted by Crippen LogP contribution is -2.63. The molecular formula is C15H19FN2O3. The van der Waals surface area contributed by atoms with E-state index in [-0.39, 0.29) is 23.0 Å². The summed E-state index contributed by atoms with van der Waals surface area (Å²) in [4.78, 5) is 10.5. The molecule has 1 aromatic carbocycles. The van der Waals surface area contributed by atoms with Gasteiger partial charge in [-0.25, -0.2) is 4.39 Å². The first-order chi connectivity index (χ1) is 10.1. The van der Waals surface area contributed by atoms with Gasteiger partial charge in [-0.1, -0.05) is 12.8 Å². The molecule has 1 N–H and O–H groups in total. The molecule has 21 heavy (non-hydrogen) atoms. The van der Waals surface area contributed by atoms with E-state index in [0.29, 0.717) is 6.04 Å². The van der Waals surface area contributed by atoms with Crippen LogP contribution in [0.2, 0.25) is 0 Å². The Bertz CT molecular complexity index is 558. The number of hydrogen-bond donors (Lipinski definition) is 1. The molecule has 2 unspecified atom stereocenters. The normalized spacial score (nSPS) is 26.6. The lowest BCUT2D eigenvalue weighted by molar-refractivity contribution is -0.386. The van der Waals surface area contributed by atoms with Crippen LogP contribution in [-0.4, -0.2) is 24.1 Å². The summed E-state index contributed by atoms with van der Waals surface area (Å²) in [6.45, 7) is 0. The summed E-state index contributed by atoms with van der Waals surface area (Å²) in [6, 6.07) is 3.76. The SMILES string of the molecule is CNC1CC(Oc2cc(F)ccc2[N+](=O)[O-])C12CCCC2. The van der Waals surface area contributed by atoms with Gasteiger partial charge in [0, 0.05) is 30.0 Å². The van der Waals surface area contributed by atoms with Gasteiger partial charge in [-0.15, -0.1) is 0 Å². The minimum Gasteiger partial charge on any atom is -0.483 e. The fraction of sp³-hybridized carbons (Fsp3) is 0.600. The highest BCUT2D eigenvalue weighted by atomic mass is 19.1. The zero-order valence-corrected chi connectivity index (χ0v) is 12.0. The van der Waals surface area contributed by atoms with E-state index in [9.17, 15) is 14.5 Å². The molecule has 3 rings (SSSR count). The van der Waals surface area contributed by atoms with E-state index in [1.807, 2.05) is 7.05 Å². The van der Waals surface area contributed by atoms with Gasteiger partial charge in [0.2, 0.25) is 0 Å². The first kappa shape index (κ1) is 14.3. The molecule has 0 aromatic heterocycles. The minimum atomic E-state index is -0.523. The van der Waals surface area contributed by atoms with Crippen LogP contribution < -0.4 is 10.1 Å². The highest BCUT2D eigenvalue weighted by Gasteiger charge is 2.57. The monoisotopic (exact) mass is 294 g/mol. The Morgan fingerprint density at radius 2 is 2.14 bits per heavy atom. The predicted octanol–water partition coefficient (Wildman–Crippen LogP) is 3.03. The molecule has 2 fully saturated rings. The third-order valence-corrected chi connectivity index (χ3v) is 5.06. The fourth-order valence-electron chi connectivity index (χ4n) is 3.91. The van der Waals surface area contributed by atoms with Gasteiger partial charge in [0.05, 0.1) is 4.92 Å². The van der Waals surface area contributed by atoms with E-state index in [2.05, 4.69) is 5.32 Å². The van der Waals surface area contributed by atoms with Crippen LogP contribution in [0.5, 0.6) is 5.75 Å². The number of halogens is 1. The van der Waals surface area contributed by atoms with Gasteiger partial charge >= 0.3 is 5.69 Å². The summed E-state index contributed by atoms with van der Waals surface area (Å²) in [6.07, 6.45) is 5.17. The van der Waals surface area contributed by atoms with Crippen LogP contribution in [0.3, 0.4) is 0 Å². The second kappa shape index (κ2) is 5.26. The molecular weight excluding hydrogens is 275 g/mol. The molecule has 2 saturated carbocycles. The Hall–Kier alpha value is -1.69. The van der Waals surface area contributed by atoms with E-state index < -0.39 is 10.7 Å². The van der Waals surface area contributed by atoms with Crippen LogP contribution in [0.25, 0.3) is 0 Å². The molecule has 2 aliphatic rings. The van der Waals surface area contributed by atoms with Gasteiger partial charge in [0.1, 0.15) is 11.9 Å². The van der Waals surface area contributed by atoms with E-state index in [1.165, 1.54) is 6.07 Å². The number of rotatable bonds is 4. The average Bonchev–Trinajstić information content (AvgIpc) is 2.95. The van der Waals surface area contributed by atoms with Crippen molar-refractivity contribution in [2.45, 2.75) is 44.2 Å². The molecule has 2 aliphatic carbocycles. The Morgan fingerprint density at radius 1 is 1.43 bits per heavy atom. The second-order valence-corrected chi connectivity index (χ2v) is 5.99. The fourth-order valence-corrected chi connectivity index (χ4v) is 3.91. The largest absolute Gasteiger partial charge is 0.483 e. The van der Waals surface area contributed by atoms with Crippen LogP contribution in [-0.2, 0) is 0 Å². The number of ether oxygens (including phenoxy) is 1. The van der Waals surface area contributed by atoms with Gasteiger partial charge in [0.15, 0.2) is 5.75 Å². The van der Waals surface area contributed by atoms with Crippen molar-refractivity contribution in [3.8, 4) is 5.75 Å². The van der Waals surface area contributed by atoms with Crippen molar-refractivity contribution >= 4 is 5.69 Å². The first-order valence-electron chi connectivity index (χ1n) is 7.35. The van der Waals surface area contributed by atoms with Gasteiger partial charge < -0.3 is 10.1 Å². The molecule has 0 saturated heterocycles. The zero-order chi connectivity index (χ0) is 15.0. The van der Waals surface area contributed by atoms with E-state index in [1.54, 1.807) is 0 Å². The maximum absolute atomic E-state index is 13.4. The average molecular weight is 294 g/mol. The van der Waals surface area contributed by atoms with Crippen LogP contribution >= 0.6 is 0 Å². The highest BCUT2D eigenvalue weighted by Crippen LogP contribution is 2.55. The number of nitro benzene ring substituents is 1. The predicted molar refractivity (Wildman–Crippen MR) is 75.8 cm³/mol. The standard InChI is InChI=1S/C15H19FN2O3/c1-17-13-9-14(15(13)6-2-3-7-15)21-12-8-10(16)4-5-11(12)18(19)20/h4-5,8,13-14,17H,2-3,6-7,9H2,1H3. The molecule has 1 aromatic rings. The first-order valence-corrected chi connectivity index (χ1v) is 7.35. The molecule has 6 heteroatoms. The molecule has 0 amide bonds. The quantitative estimate of drug-likeness (QED) is 0.685. The van der Waals surface area contributed by atoms with Crippen molar-refractivity contribution in [3.05, 3.63) is 34.1 Å². The Labute approximate surface area is 122 Å². The molecule has 0 aliphatic heterocycles. The Morgan fingerprint density at radius 3 is 2.76 bits per heavy atom. The maximum atomic E-state index is 13.4. The van der Waals surface area contributed by atoms with Crippen molar-refractivity contribution < 1.29 is 14.1 Å². The summed E-state index contributed by atoms with van der Waals surface area (Å²) >= 11 is 0. The highest BCUT2D eigenvalue weighted by molar-refractivity contribution is 5.46. The van der Waals surface area contributed by atoms with Crippen LogP contribution in [0.15, 0.2) is 18.2 Å². The number of nitrogens with one attached hydrogen (secondary N) is 1. The topological polar surface area (TPSA) is 64.4 Å². The number of nitro groups is 1. The summed E-state index contributed by atoms with van der Waals surface area (Å²) in [7, 11) is 1.94. The third-order valence-electron chi connectivity index (χ3n) is 5.06. The molecule has 0 radical (unpaired) electrons. The Kier molecular flexibility index (Phi) is 3.57. The number of hydrogen-bond acceptors (Lipinski definition) is 4. The van der Waals surface area contributed by atoms with Crippen molar-refractivity contribution in [2.24, 2.45) is 5.41 Å². The lowest BCUT2D eigenvalue weighted by atomic mass is 9.60. The van der Waals surface area contributed by atoms with Gasteiger partial charge in [-0.2, -0.15) is 0 Å². The number of nitrogens with zero attached hydrogens (tertiary/aromatic N) is 1. The molecule has 0 heterocycles. The Balaban J connectivity index is 1.84. The molecule has 114 valence electrons. The maximum Gasteiger partial charge on any atom is 0.311 e. The molecule has 2 atom stereocenters.